The molecule has 2 aliphatic rings. The minimum atomic E-state index is 0.0699. The van der Waals surface area contributed by atoms with Gasteiger partial charge in [0.2, 0.25) is 5.91 Å². The summed E-state index contributed by atoms with van der Waals surface area (Å²) in [5.74, 6) is 2.26. The van der Waals surface area contributed by atoms with Crippen LogP contribution in [0.1, 0.15) is 50.5 Å². The zero-order valence-corrected chi connectivity index (χ0v) is 24.7. The molecule has 0 spiro atoms. The highest BCUT2D eigenvalue weighted by molar-refractivity contribution is 7.80. The average Bonchev–Trinajstić information content (AvgIpc) is 3.21. The SMILES string of the molecule is CC/C(=N\OC)[C@@H]1C2CCC(C[C@H]1c1ccc3ccccc3c1)N2CCCN(CCS)CC(=O)NCCS. The zero-order chi connectivity index (χ0) is 26.9. The van der Waals surface area contributed by atoms with Crippen LogP contribution in [-0.4, -0.2) is 84.8 Å². The lowest BCUT2D eigenvalue weighted by molar-refractivity contribution is -0.122. The molecule has 4 rings (SSSR count). The van der Waals surface area contributed by atoms with Crippen molar-refractivity contribution in [3.05, 3.63) is 48.0 Å². The van der Waals surface area contributed by atoms with Crippen LogP contribution in [0.25, 0.3) is 10.8 Å². The molecule has 2 saturated heterocycles. The van der Waals surface area contributed by atoms with E-state index in [2.05, 4.69) is 94.9 Å². The van der Waals surface area contributed by atoms with Crippen molar-refractivity contribution in [2.75, 3.05) is 51.3 Å². The number of carbonyl (C=O) groups is 1. The second-order valence-electron chi connectivity index (χ2n) is 10.6. The number of fused-ring (bicyclic) bond motifs is 3. The quantitative estimate of drug-likeness (QED) is 0.177. The summed E-state index contributed by atoms with van der Waals surface area (Å²) in [5, 5.41) is 10.1. The third-order valence-corrected chi connectivity index (χ3v) is 8.75. The van der Waals surface area contributed by atoms with Gasteiger partial charge in [-0.25, -0.2) is 0 Å². The van der Waals surface area contributed by atoms with Gasteiger partial charge in [0, 0.05) is 42.6 Å². The van der Waals surface area contributed by atoms with Gasteiger partial charge in [-0.2, -0.15) is 25.3 Å². The van der Waals surface area contributed by atoms with E-state index >= 15 is 0 Å². The highest BCUT2D eigenvalue weighted by atomic mass is 32.1. The summed E-state index contributed by atoms with van der Waals surface area (Å²) in [4.78, 5) is 22.6. The summed E-state index contributed by atoms with van der Waals surface area (Å²) >= 11 is 8.62. The molecule has 6 nitrogen and oxygen atoms in total. The highest BCUT2D eigenvalue weighted by Crippen LogP contribution is 2.48. The lowest BCUT2D eigenvalue weighted by Gasteiger charge is -2.45. The van der Waals surface area contributed by atoms with Crippen molar-refractivity contribution in [1.29, 1.82) is 0 Å². The van der Waals surface area contributed by atoms with Crippen LogP contribution in [0.2, 0.25) is 0 Å². The van der Waals surface area contributed by atoms with Crippen LogP contribution in [-0.2, 0) is 9.63 Å². The molecule has 0 aliphatic carbocycles. The largest absolute Gasteiger partial charge is 0.399 e. The van der Waals surface area contributed by atoms with Crippen LogP contribution in [0.3, 0.4) is 0 Å². The molecular formula is C30H44N4O2S2. The van der Waals surface area contributed by atoms with Gasteiger partial charge in [0.1, 0.15) is 7.11 Å². The van der Waals surface area contributed by atoms with E-state index in [9.17, 15) is 4.79 Å². The van der Waals surface area contributed by atoms with Crippen LogP contribution < -0.4 is 5.32 Å². The summed E-state index contributed by atoms with van der Waals surface area (Å²) in [7, 11) is 1.67. The van der Waals surface area contributed by atoms with Crippen molar-refractivity contribution >= 4 is 47.6 Å². The van der Waals surface area contributed by atoms with Gasteiger partial charge in [-0.05, 0) is 67.4 Å². The number of carbonyl (C=O) groups excluding carboxylic acids is 1. The van der Waals surface area contributed by atoms with Gasteiger partial charge in [0.05, 0.1) is 12.3 Å². The first-order chi connectivity index (χ1) is 18.6. The molecule has 2 aliphatic heterocycles. The van der Waals surface area contributed by atoms with E-state index in [1.54, 1.807) is 7.11 Å². The molecule has 208 valence electrons. The van der Waals surface area contributed by atoms with Crippen molar-refractivity contribution in [2.24, 2.45) is 11.1 Å². The Morgan fingerprint density at radius 2 is 1.95 bits per heavy atom. The highest BCUT2D eigenvalue weighted by Gasteiger charge is 2.49. The lowest BCUT2D eigenvalue weighted by atomic mass is 9.72. The standard InChI is InChI=1S/C30H44N4O2S2/c1-3-27(32-36-2)30-26(24-10-9-22-7-4-5-8-23(22)19-24)20-25-11-12-28(30)34(25)15-6-14-33(16-18-38)21-29(35)31-13-17-37/h4-5,7-10,19,25-26,28,30,37-38H,3,6,11-18,20-21H2,1-2H3,(H,31,35)/b32-27+/t25?,26-,28?,30+/m0/s1. The number of oxime groups is 1. The maximum atomic E-state index is 12.3. The molecule has 2 aromatic rings. The predicted molar refractivity (Wildman–Crippen MR) is 165 cm³/mol. The average molecular weight is 557 g/mol. The molecule has 2 heterocycles. The number of benzene rings is 2. The van der Waals surface area contributed by atoms with Crippen LogP contribution >= 0.6 is 25.3 Å². The summed E-state index contributed by atoms with van der Waals surface area (Å²) in [6.07, 6.45) is 5.52. The van der Waals surface area contributed by atoms with E-state index in [1.165, 1.54) is 34.9 Å². The molecule has 8 heteroatoms. The van der Waals surface area contributed by atoms with Gasteiger partial charge in [-0.3, -0.25) is 14.6 Å². The smallest absolute Gasteiger partial charge is 0.234 e. The molecule has 0 saturated carbocycles. The molecule has 2 unspecified atom stereocenters. The summed E-state index contributed by atoms with van der Waals surface area (Å²) in [6.45, 7) is 5.99. The van der Waals surface area contributed by atoms with Gasteiger partial charge in [0.15, 0.2) is 0 Å². The Kier molecular flexibility index (Phi) is 11.2. The van der Waals surface area contributed by atoms with E-state index in [4.69, 9.17) is 4.84 Å². The fourth-order valence-corrected chi connectivity index (χ4v) is 7.11. The van der Waals surface area contributed by atoms with Crippen molar-refractivity contribution in [1.82, 2.24) is 15.1 Å². The van der Waals surface area contributed by atoms with E-state index in [0.29, 0.717) is 42.8 Å². The number of hydrogen-bond acceptors (Lipinski definition) is 7. The maximum Gasteiger partial charge on any atom is 0.234 e. The molecule has 1 amide bonds. The van der Waals surface area contributed by atoms with Crippen molar-refractivity contribution in [3.8, 4) is 0 Å². The Morgan fingerprint density at radius 3 is 2.68 bits per heavy atom. The van der Waals surface area contributed by atoms with E-state index in [1.807, 2.05) is 0 Å². The fraction of sp³-hybridized carbons (Fsp3) is 0.600. The van der Waals surface area contributed by atoms with Crippen molar-refractivity contribution in [2.45, 2.75) is 57.0 Å². The number of nitrogens with zero attached hydrogens (tertiary/aromatic N) is 3. The third kappa shape index (κ3) is 7.06. The summed E-state index contributed by atoms with van der Waals surface area (Å²) < 4.78 is 0. The zero-order valence-electron chi connectivity index (χ0n) is 22.9. The Bertz CT molecular complexity index is 1080. The Hall–Kier alpha value is -1.74. The normalized spacial score (nSPS) is 23.8. The number of thiol groups is 2. The molecule has 2 aromatic carbocycles. The third-order valence-electron chi connectivity index (χ3n) is 8.33. The molecule has 38 heavy (non-hydrogen) atoms. The maximum absolute atomic E-state index is 12.3. The second kappa shape index (κ2) is 14.6. The number of hydrogen-bond donors (Lipinski definition) is 3. The minimum Gasteiger partial charge on any atom is -0.399 e. The van der Waals surface area contributed by atoms with Crippen LogP contribution in [0.5, 0.6) is 0 Å². The molecule has 0 aromatic heterocycles. The minimum absolute atomic E-state index is 0.0699. The molecule has 2 fully saturated rings. The van der Waals surface area contributed by atoms with E-state index in [0.717, 1.165) is 44.6 Å². The molecular weight excluding hydrogens is 512 g/mol. The first-order valence-electron chi connectivity index (χ1n) is 14.1. The van der Waals surface area contributed by atoms with Crippen molar-refractivity contribution in [3.63, 3.8) is 0 Å². The van der Waals surface area contributed by atoms with E-state index < -0.39 is 0 Å². The van der Waals surface area contributed by atoms with Gasteiger partial charge in [0.25, 0.3) is 0 Å². The van der Waals surface area contributed by atoms with Gasteiger partial charge in [-0.1, -0.05) is 54.5 Å². The van der Waals surface area contributed by atoms with Crippen LogP contribution in [0.4, 0.5) is 0 Å². The van der Waals surface area contributed by atoms with Gasteiger partial charge < -0.3 is 10.2 Å². The van der Waals surface area contributed by atoms with Gasteiger partial charge >= 0.3 is 0 Å². The van der Waals surface area contributed by atoms with E-state index in [-0.39, 0.29) is 5.91 Å². The van der Waals surface area contributed by atoms with Crippen LogP contribution in [0, 0.1) is 5.92 Å². The molecule has 0 radical (unpaired) electrons. The predicted octanol–water partition coefficient (Wildman–Crippen LogP) is 4.86. The van der Waals surface area contributed by atoms with Gasteiger partial charge in [-0.15, -0.1) is 0 Å². The first-order valence-corrected chi connectivity index (χ1v) is 15.4. The fourth-order valence-electron chi connectivity index (χ4n) is 6.72. The number of piperidine rings is 1. The second-order valence-corrected chi connectivity index (χ2v) is 11.5. The monoisotopic (exact) mass is 556 g/mol. The lowest BCUT2D eigenvalue weighted by Crippen LogP contribution is -2.51. The number of nitrogens with one attached hydrogen (secondary N) is 1. The molecule has 2 bridgehead atoms. The summed E-state index contributed by atoms with van der Waals surface area (Å²) in [6, 6.07) is 16.7. The summed E-state index contributed by atoms with van der Waals surface area (Å²) in [5.41, 5.74) is 2.60. The number of amides is 1. The molecule has 4 atom stereocenters. The Labute approximate surface area is 239 Å². The number of rotatable bonds is 14. The Balaban J connectivity index is 1.49. The van der Waals surface area contributed by atoms with Crippen molar-refractivity contribution < 1.29 is 9.63 Å². The van der Waals surface area contributed by atoms with Crippen LogP contribution in [0.15, 0.2) is 47.6 Å². The first kappa shape index (κ1) is 29.2. The topological polar surface area (TPSA) is 57.2 Å². The molecule has 1 N–H and O–H groups in total. The Morgan fingerprint density at radius 1 is 1.13 bits per heavy atom.